The minimum absolute atomic E-state index is 0.0379. The Morgan fingerprint density at radius 2 is 1.69 bits per heavy atom. The molecule has 1 aliphatic rings. The van der Waals surface area contributed by atoms with E-state index in [1.807, 2.05) is 65.2 Å². The Kier molecular flexibility index (Phi) is 5.69. The molecule has 1 saturated heterocycles. The average molecular weight is 429 g/mol. The second-order valence-corrected chi connectivity index (χ2v) is 8.30. The summed E-state index contributed by atoms with van der Waals surface area (Å²) in [6.07, 6.45) is 3.62. The van der Waals surface area contributed by atoms with Gasteiger partial charge in [-0.25, -0.2) is 9.37 Å². The third-order valence-corrected chi connectivity index (χ3v) is 6.10. The predicted octanol–water partition coefficient (Wildman–Crippen LogP) is 4.56. The fraction of sp³-hybridized carbons (Fsp3) is 0.231. The molecule has 1 fully saturated rings. The van der Waals surface area contributed by atoms with Crippen LogP contribution in [-0.4, -0.2) is 39.5 Å². The lowest BCUT2D eigenvalue weighted by molar-refractivity contribution is 0.0909. The van der Waals surface area contributed by atoms with Crippen LogP contribution in [0.5, 0.6) is 0 Å². The van der Waals surface area contributed by atoms with E-state index in [4.69, 9.17) is 0 Å². The van der Waals surface area contributed by atoms with Crippen LogP contribution in [-0.2, 0) is 6.54 Å². The molecule has 0 spiro atoms. The van der Waals surface area contributed by atoms with Crippen LogP contribution in [0.25, 0.3) is 16.7 Å². The van der Waals surface area contributed by atoms with Crippen molar-refractivity contribution < 1.29 is 9.18 Å². The molecule has 1 N–H and O–H groups in total. The van der Waals surface area contributed by atoms with E-state index in [1.165, 1.54) is 12.1 Å². The average Bonchev–Trinajstić information content (AvgIpc) is 3.26. The Morgan fingerprint density at radius 1 is 0.969 bits per heavy atom. The molecule has 6 heteroatoms. The number of nitrogens with one attached hydrogen (secondary N) is 1. The van der Waals surface area contributed by atoms with E-state index >= 15 is 0 Å². The van der Waals surface area contributed by atoms with Gasteiger partial charge in [0.05, 0.1) is 11.0 Å². The lowest BCUT2D eigenvalue weighted by atomic mass is 10.0. The first-order valence-corrected chi connectivity index (χ1v) is 11.0. The van der Waals surface area contributed by atoms with Crippen molar-refractivity contribution in [1.82, 2.24) is 19.8 Å². The molecule has 1 aromatic heterocycles. The van der Waals surface area contributed by atoms with Crippen molar-refractivity contribution in [3.63, 3.8) is 0 Å². The number of piperidine rings is 1. The molecule has 0 atom stereocenters. The maximum absolute atomic E-state index is 13.1. The highest BCUT2D eigenvalue weighted by atomic mass is 19.1. The van der Waals surface area contributed by atoms with Crippen molar-refractivity contribution in [2.45, 2.75) is 25.4 Å². The summed E-state index contributed by atoms with van der Waals surface area (Å²) in [5.74, 6) is -0.245. The normalized spacial score (nSPS) is 15.2. The Bertz CT molecular complexity index is 1210. The van der Waals surface area contributed by atoms with Gasteiger partial charge in [-0.1, -0.05) is 24.3 Å². The van der Waals surface area contributed by atoms with Gasteiger partial charge in [-0.15, -0.1) is 0 Å². The Morgan fingerprint density at radius 3 is 2.44 bits per heavy atom. The highest BCUT2D eigenvalue weighted by Gasteiger charge is 2.21. The van der Waals surface area contributed by atoms with Crippen molar-refractivity contribution in [1.29, 1.82) is 0 Å². The molecule has 0 unspecified atom stereocenters. The Labute approximate surface area is 186 Å². The van der Waals surface area contributed by atoms with Crippen molar-refractivity contribution in [3.05, 3.63) is 96.1 Å². The first-order valence-electron chi connectivity index (χ1n) is 11.0. The number of aromatic nitrogens is 2. The molecule has 4 aromatic rings. The van der Waals surface area contributed by atoms with Crippen LogP contribution in [0.3, 0.4) is 0 Å². The fourth-order valence-corrected chi connectivity index (χ4v) is 4.29. The van der Waals surface area contributed by atoms with E-state index < -0.39 is 0 Å². The predicted molar refractivity (Wildman–Crippen MR) is 123 cm³/mol. The van der Waals surface area contributed by atoms with Gasteiger partial charge in [0.1, 0.15) is 12.1 Å². The lowest BCUT2D eigenvalue weighted by Crippen LogP contribution is -2.44. The number of imidazole rings is 1. The SMILES string of the molecule is O=C(NC1CCN(Cc2ccc(F)cc2)CC1)c1ccc(-n2cnc3ccccc32)cc1. The van der Waals surface area contributed by atoms with Gasteiger partial charge in [-0.2, -0.15) is 0 Å². The van der Waals surface area contributed by atoms with Crippen molar-refractivity contribution in [3.8, 4) is 5.69 Å². The molecule has 1 aliphatic heterocycles. The quantitative estimate of drug-likeness (QED) is 0.507. The van der Waals surface area contributed by atoms with E-state index in [2.05, 4.69) is 15.2 Å². The summed E-state index contributed by atoms with van der Waals surface area (Å²) in [5, 5.41) is 3.18. The van der Waals surface area contributed by atoms with Crippen LogP contribution in [0.4, 0.5) is 4.39 Å². The van der Waals surface area contributed by atoms with Gasteiger partial charge in [0.2, 0.25) is 0 Å². The van der Waals surface area contributed by atoms with Gasteiger partial charge in [0.25, 0.3) is 5.91 Å². The maximum Gasteiger partial charge on any atom is 0.251 e. The molecular weight excluding hydrogens is 403 g/mol. The number of carbonyl (C=O) groups is 1. The second kappa shape index (κ2) is 8.93. The van der Waals surface area contributed by atoms with Crippen molar-refractivity contribution in [2.24, 2.45) is 0 Å². The number of benzene rings is 3. The van der Waals surface area contributed by atoms with Crippen LogP contribution in [0.15, 0.2) is 79.1 Å². The van der Waals surface area contributed by atoms with E-state index in [1.54, 1.807) is 6.33 Å². The summed E-state index contributed by atoms with van der Waals surface area (Å²) in [7, 11) is 0. The van der Waals surface area contributed by atoms with Gasteiger partial charge >= 0.3 is 0 Å². The van der Waals surface area contributed by atoms with Crippen LogP contribution in [0, 0.1) is 5.82 Å². The lowest BCUT2D eigenvalue weighted by Gasteiger charge is -2.32. The van der Waals surface area contributed by atoms with Crippen LogP contribution < -0.4 is 5.32 Å². The van der Waals surface area contributed by atoms with Gasteiger partial charge < -0.3 is 5.32 Å². The van der Waals surface area contributed by atoms with E-state index in [0.29, 0.717) is 5.56 Å². The first-order chi connectivity index (χ1) is 15.7. The first kappa shape index (κ1) is 20.4. The number of nitrogens with zero attached hydrogens (tertiary/aromatic N) is 3. The molecular formula is C26H25FN4O. The number of para-hydroxylation sites is 2. The van der Waals surface area contributed by atoms with Gasteiger partial charge in [-0.05, 0) is 66.9 Å². The number of fused-ring (bicyclic) bond motifs is 1. The molecule has 0 saturated carbocycles. The van der Waals surface area contributed by atoms with Gasteiger partial charge in [-0.3, -0.25) is 14.3 Å². The third kappa shape index (κ3) is 4.41. The number of halogens is 1. The molecule has 2 heterocycles. The smallest absolute Gasteiger partial charge is 0.251 e. The van der Waals surface area contributed by atoms with Gasteiger partial charge in [0.15, 0.2) is 0 Å². The maximum atomic E-state index is 13.1. The molecule has 5 rings (SSSR count). The Balaban J connectivity index is 1.16. The molecule has 5 nitrogen and oxygen atoms in total. The van der Waals surface area contributed by atoms with Crippen LogP contribution in [0.2, 0.25) is 0 Å². The monoisotopic (exact) mass is 428 g/mol. The van der Waals surface area contributed by atoms with Gasteiger partial charge in [0, 0.05) is 36.9 Å². The zero-order valence-corrected chi connectivity index (χ0v) is 17.7. The molecule has 162 valence electrons. The number of amides is 1. The topological polar surface area (TPSA) is 50.2 Å². The van der Waals surface area contributed by atoms with Crippen LogP contribution >= 0.6 is 0 Å². The third-order valence-electron chi connectivity index (χ3n) is 6.10. The van der Waals surface area contributed by atoms with E-state index in [0.717, 1.165) is 54.8 Å². The summed E-state index contributed by atoms with van der Waals surface area (Å²) in [6, 6.07) is 22.5. The van der Waals surface area contributed by atoms with Crippen LogP contribution in [0.1, 0.15) is 28.8 Å². The molecule has 3 aromatic carbocycles. The zero-order valence-electron chi connectivity index (χ0n) is 17.7. The summed E-state index contributed by atoms with van der Waals surface area (Å²) in [6.45, 7) is 2.63. The fourth-order valence-electron chi connectivity index (χ4n) is 4.29. The van der Waals surface area contributed by atoms with E-state index in [9.17, 15) is 9.18 Å². The highest BCUT2D eigenvalue weighted by molar-refractivity contribution is 5.94. The standard InChI is InChI=1S/C26H25FN4O/c27-21-9-5-19(6-10-21)17-30-15-13-22(14-16-30)29-26(32)20-7-11-23(12-8-20)31-18-28-24-3-1-2-4-25(24)31/h1-12,18,22H,13-17H2,(H,29,32). The van der Waals surface area contributed by atoms with E-state index in [-0.39, 0.29) is 17.8 Å². The van der Waals surface area contributed by atoms with Crippen molar-refractivity contribution in [2.75, 3.05) is 13.1 Å². The summed E-state index contributed by atoms with van der Waals surface area (Å²) < 4.78 is 15.1. The number of hydrogen-bond acceptors (Lipinski definition) is 3. The van der Waals surface area contributed by atoms with Crippen molar-refractivity contribution >= 4 is 16.9 Å². The minimum Gasteiger partial charge on any atom is -0.349 e. The number of hydrogen-bond donors (Lipinski definition) is 1. The summed E-state index contributed by atoms with van der Waals surface area (Å²) in [4.78, 5) is 19.5. The number of likely N-dealkylation sites (tertiary alicyclic amines) is 1. The second-order valence-electron chi connectivity index (χ2n) is 8.30. The molecule has 0 aliphatic carbocycles. The highest BCUT2D eigenvalue weighted by Crippen LogP contribution is 2.19. The zero-order chi connectivity index (χ0) is 21.9. The molecule has 0 bridgehead atoms. The number of rotatable bonds is 5. The number of carbonyl (C=O) groups excluding carboxylic acids is 1. The molecule has 32 heavy (non-hydrogen) atoms. The Hall–Kier alpha value is -3.51. The largest absolute Gasteiger partial charge is 0.349 e. The summed E-state index contributed by atoms with van der Waals surface area (Å²) >= 11 is 0. The molecule has 1 amide bonds. The molecule has 0 radical (unpaired) electrons. The summed E-state index contributed by atoms with van der Waals surface area (Å²) in [5.41, 5.74) is 4.73. The minimum atomic E-state index is -0.207.